The van der Waals surface area contributed by atoms with Gasteiger partial charge in [-0.15, -0.1) is 0 Å². The Morgan fingerprint density at radius 1 is 1.20 bits per heavy atom. The van der Waals surface area contributed by atoms with E-state index in [0.29, 0.717) is 6.61 Å². The van der Waals surface area contributed by atoms with Gasteiger partial charge in [-0.05, 0) is 36.8 Å². The summed E-state index contributed by atoms with van der Waals surface area (Å²) in [5.41, 5.74) is 2.04. The molecule has 0 spiro atoms. The molecule has 0 fully saturated rings. The first-order chi connectivity index (χ1) is 12.2. The summed E-state index contributed by atoms with van der Waals surface area (Å²) < 4.78 is 5.11. The molecule has 0 amide bonds. The first-order valence-electron chi connectivity index (χ1n) is 7.99. The number of nitrogens with one attached hydrogen (secondary N) is 1. The molecule has 6 nitrogen and oxygen atoms in total. The summed E-state index contributed by atoms with van der Waals surface area (Å²) in [4.78, 5) is 16.6. The van der Waals surface area contributed by atoms with Gasteiger partial charge in [0, 0.05) is 33.1 Å². The molecule has 0 saturated carbocycles. The van der Waals surface area contributed by atoms with Crippen LogP contribution in [-0.2, 0) is 4.74 Å². The van der Waals surface area contributed by atoms with Gasteiger partial charge < -0.3 is 15.0 Å². The van der Waals surface area contributed by atoms with Gasteiger partial charge in [0.15, 0.2) is 5.13 Å². The van der Waals surface area contributed by atoms with Crippen LogP contribution in [0, 0.1) is 6.92 Å². The monoisotopic (exact) mass is 355 g/mol. The summed E-state index contributed by atoms with van der Waals surface area (Å²) in [6, 6.07) is 9.86. The van der Waals surface area contributed by atoms with Gasteiger partial charge >= 0.3 is 0 Å². The Morgan fingerprint density at radius 2 is 2.08 bits per heavy atom. The molecule has 0 aliphatic rings. The lowest BCUT2D eigenvalue weighted by Gasteiger charge is -2.14. The van der Waals surface area contributed by atoms with Crippen LogP contribution in [0.1, 0.15) is 5.56 Å². The van der Waals surface area contributed by atoms with E-state index < -0.39 is 0 Å². The highest BCUT2D eigenvalue weighted by molar-refractivity contribution is 7.18. The number of anilines is 3. The first-order valence-corrected chi connectivity index (χ1v) is 8.80. The molecule has 1 N–H and O–H groups in total. The molecular formula is C18H21N5OS. The standard InChI is InChI=1S/C18H21N5OS/c1-13-7-8-19-17(11-13)22-16-6-4-5-14(21-16)15-12-20-18(25-15)23(2)9-10-24-3/h4-8,11-12H,9-10H2,1-3H3,(H,19,21,22). The second-order valence-electron chi connectivity index (χ2n) is 5.67. The largest absolute Gasteiger partial charge is 0.383 e. The lowest BCUT2D eigenvalue weighted by Crippen LogP contribution is -2.21. The molecule has 3 aromatic heterocycles. The highest BCUT2D eigenvalue weighted by Gasteiger charge is 2.10. The summed E-state index contributed by atoms with van der Waals surface area (Å²) in [6.45, 7) is 3.51. The van der Waals surface area contributed by atoms with Crippen LogP contribution in [0.25, 0.3) is 10.6 Å². The van der Waals surface area contributed by atoms with Gasteiger partial charge in [0.1, 0.15) is 11.6 Å². The molecule has 7 heteroatoms. The smallest absolute Gasteiger partial charge is 0.185 e. The number of hydrogen-bond acceptors (Lipinski definition) is 7. The van der Waals surface area contributed by atoms with E-state index in [1.54, 1.807) is 24.6 Å². The van der Waals surface area contributed by atoms with E-state index in [-0.39, 0.29) is 0 Å². The van der Waals surface area contributed by atoms with Crippen LogP contribution in [0.2, 0.25) is 0 Å². The summed E-state index contributed by atoms with van der Waals surface area (Å²) in [5.74, 6) is 1.55. The average Bonchev–Trinajstić information content (AvgIpc) is 3.10. The van der Waals surface area contributed by atoms with Crippen molar-refractivity contribution >= 4 is 28.1 Å². The molecule has 3 rings (SSSR count). The zero-order valence-electron chi connectivity index (χ0n) is 14.6. The maximum atomic E-state index is 5.11. The number of likely N-dealkylation sites (N-methyl/N-ethyl adjacent to an activating group) is 1. The highest BCUT2D eigenvalue weighted by Crippen LogP contribution is 2.30. The van der Waals surface area contributed by atoms with Crippen LogP contribution >= 0.6 is 11.3 Å². The molecule has 0 atom stereocenters. The lowest BCUT2D eigenvalue weighted by atomic mass is 10.3. The number of methoxy groups -OCH3 is 1. The number of aryl methyl sites for hydroxylation is 1. The van der Waals surface area contributed by atoms with Gasteiger partial charge in [0.05, 0.1) is 17.2 Å². The molecule has 130 valence electrons. The molecule has 0 unspecified atom stereocenters. The minimum atomic E-state index is 0.673. The van der Waals surface area contributed by atoms with Crippen molar-refractivity contribution < 1.29 is 4.74 Å². The Hall–Kier alpha value is -2.51. The van der Waals surface area contributed by atoms with Crippen molar-refractivity contribution in [1.29, 1.82) is 0 Å². The molecular weight excluding hydrogens is 334 g/mol. The zero-order chi connectivity index (χ0) is 17.6. The van der Waals surface area contributed by atoms with Crippen LogP contribution in [-0.4, -0.2) is 42.3 Å². The minimum Gasteiger partial charge on any atom is -0.383 e. The van der Waals surface area contributed by atoms with Crippen molar-refractivity contribution in [2.24, 2.45) is 0 Å². The van der Waals surface area contributed by atoms with Crippen molar-refractivity contribution in [2.75, 3.05) is 37.5 Å². The number of aromatic nitrogens is 3. The highest BCUT2D eigenvalue weighted by atomic mass is 32.1. The Labute approximate surface area is 151 Å². The van der Waals surface area contributed by atoms with Crippen molar-refractivity contribution in [3.8, 4) is 10.6 Å². The maximum Gasteiger partial charge on any atom is 0.185 e. The van der Waals surface area contributed by atoms with Crippen LogP contribution in [0.5, 0.6) is 0 Å². The number of hydrogen-bond donors (Lipinski definition) is 1. The Kier molecular flexibility index (Phi) is 5.57. The molecule has 0 aromatic carbocycles. The summed E-state index contributed by atoms with van der Waals surface area (Å²) in [6.07, 6.45) is 3.65. The number of rotatable bonds is 7. The quantitative estimate of drug-likeness (QED) is 0.697. The molecule has 25 heavy (non-hydrogen) atoms. The predicted molar refractivity (Wildman–Crippen MR) is 103 cm³/mol. The van der Waals surface area contributed by atoms with E-state index in [9.17, 15) is 0 Å². The van der Waals surface area contributed by atoms with Crippen LogP contribution in [0.15, 0.2) is 42.7 Å². The number of pyridine rings is 2. The van der Waals surface area contributed by atoms with E-state index in [4.69, 9.17) is 4.74 Å². The summed E-state index contributed by atoms with van der Waals surface area (Å²) in [5, 5.41) is 4.20. The summed E-state index contributed by atoms with van der Waals surface area (Å²) in [7, 11) is 3.71. The first kappa shape index (κ1) is 17.3. The third-order valence-corrected chi connectivity index (χ3v) is 4.76. The van der Waals surface area contributed by atoms with E-state index in [1.807, 2.05) is 50.5 Å². The normalized spacial score (nSPS) is 10.7. The minimum absolute atomic E-state index is 0.673. The number of thiazole rings is 1. The fourth-order valence-electron chi connectivity index (χ4n) is 2.26. The molecule has 0 aliphatic carbocycles. The van der Waals surface area contributed by atoms with Gasteiger partial charge in [-0.1, -0.05) is 17.4 Å². The second kappa shape index (κ2) is 8.04. The lowest BCUT2D eigenvalue weighted by molar-refractivity contribution is 0.206. The van der Waals surface area contributed by atoms with Gasteiger partial charge in [-0.25, -0.2) is 15.0 Å². The van der Waals surface area contributed by atoms with Crippen molar-refractivity contribution in [3.05, 3.63) is 48.3 Å². The fraction of sp³-hybridized carbons (Fsp3) is 0.278. The van der Waals surface area contributed by atoms with Crippen LogP contribution in [0.3, 0.4) is 0 Å². The van der Waals surface area contributed by atoms with Crippen LogP contribution < -0.4 is 10.2 Å². The third kappa shape index (κ3) is 4.52. The van der Waals surface area contributed by atoms with Crippen LogP contribution in [0.4, 0.5) is 16.8 Å². The zero-order valence-corrected chi connectivity index (χ0v) is 15.4. The second-order valence-corrected chi connectivity index (χ2v) is 6.68. The third-order valence-electron chi connectivity index (χ3n) is 3.62. The summed E-state index contributed by atoms with van der Waals surface area (Å²) >= 11 is 1.62. The topological polar surface area (TPSA) is 63.2 Å². The van der Waals surface area contributed by atoms with E-state index in [0.717, 1.165) is 39.4 Å². The van der Waals surface area contributed by atoms with E-state index >= 15 is 0 Å². The van der Waals surface area contributed by atoms with Gasteiger partial charge in [0.2, 0.25) is 0 Å². The molecule has 0 radical (unpaired) electrons. The van der Waals surface area contributed by atoms with Gasteiger partial charge in [-0.3, -0.25) is 0 Å². The Morgan fingerprint density at radius 3 is 2.88 bits per heavy atom. The fourth-order valence-corrected chi connectivity index (χ4v) is 3.13. The molecule has 0 bridgehead atoms. The van der Waals surface area contributed by atoms with E-state index in [2.05, 4.69) is 25.2 Å². The average molecular weight is 355 g/mol. The predicted octanol–water partition coefficient (Wildman–Crippen LogP) is 3.73. The van der Waals surface area contributed by atoms with Crippen molar-refractivity contribution in [2.45, 2.75) is 6.92 Å². The molecule has 3 aromatic rings. The van der Waals surface area contributed by atoms with E-state index in [1.165, 1.54) is 0 Å². The van der Waals surface area contributed by atoms with Gasteiger partial charge in [0.25, 0.3) is 0 Å². The maximum absolute atomic E-state index is 5.11. The Balaban J connectivity index is 1.76. The van der Waals surface area contributed by atoms with Crippen molar-refractivity contribution in [3.63, 3.8) is 0 Å². The SMILES string of the molecule is COCCN(C)c1ncc(-c2cccc(Nc3cc(C)ccn3)n2)s1. The molecule has 0 saturated heterocycles. The van der Waals surface area contributed by atoms with Gasteiger partial charge in [-0.2, -0.15) is 0 Å². The molecule has 0 aliphatic heterocycles. The number of ether oxygens (including phenoxy) is 1. The molecule has 3 heterocycles. The Bertz CT molecular complexity index is 836. The number of nitrogens with zero attached hydrogens (tertiary/aromatic N) is 4. The van der Waals surface area contributed by atoms with Crippen molar-refractivity contribution in [1.82, 2.24) is 15.0 Å².